The smallest absolute Gasteiger partial charge is 0.414 e. The first kappa shape index (κ1) is 21.9. The molecule has 2 rings (SSSR count). The summed E-state index contributed by atoms with van der Waals surface area (Å²) in [4.78, 5) is 25.8. The predicted octanol–water partition coefficient (Wildman–Crippen LogP) is 1.15. The molecule has 1 saturated heterocycles. The molecule has 2 unspecified atom stereocenters. The molecule has 3 N–H and O–H groups in total. The van der Waals surface area contributed by atoms with Gasteiger partial charge in [0.05, 0.1) is 30.8 Å². The molecule has 9 nitrogen and oxygen atoms in total. The number of nitrogens with one attached hydrogen (secondary N) is 3. The molecular weight excluding hydrogens is 389 g/mol. The number of hydrogen-bond acceptors (Lipinski definition) is 7. The molecule has 2 amide bonds. The molecule has 0 spiro atoms. The van der Waals surface area contributed by atoms with Crippen molar-refractivity contribution in [1.29, 1.82) is 5.41 Å². The molecule has 1 aromatic rings. The summed E-state index contributed by atoms with van der Waals surface area (Å²) in [6.07, 6.45) is -0.0820. The van der Waals surface area contributed by atoms with Crippen LogP contribution < -0.4 is 20.4 Å². The number of ether oxygens (including phenoxy) is 2. The summed E-state index contributed by atoms with van der Waals surface area (Å²) >= 11 is 4.12. The average molecular weight is 413 g/mol. The van der Waals surface area contributed by atoms with Gasteiger partial charge in [0, 0.05) is 27.1 Å². The SMILES string of the molecule is COC(S)NCCN(C=N)c1ccc(N2CC(CNC(C)=O)OC2=O)cc1F. The van der Waals surface area contributed by atoms with Gasteiger partial charge in [-0.15, -0.1) is 12.6 Å². The number of rotatable bonds is 10. The van der Waals surface area contributed by atoms with E-state index in [4.69, 9.17) is 14.9 Å². The summed E-state index contributed by atoms with van der Waals surface area (Å²) in [5, 5.41) is 13.1. The summed E-state index contributed by atoms with van der Waals surface area (Å²) in [5.41, 5.74) is 0.0944. The van der Waals surface area contributed by atoms with E-state index in [0.717, 1.165) is 6.34 Å². The Hall–Kier alpha value is -2.37. The Balaban J connectivity index is 2.03. The highest BCUT2D eigenvalue weighted by Gasteiger charge is 2.32. The molecule has 0 saturated carbocycles. The van der Waals surface area contributed by atoms with E-state index in [1.165, 1.54) is 36.0 Å². The molecule has 0 aliphatic carbocycles. The van der Waals surface area contributed by atoms with Gasteiger partial charge in [-0.25, -0.2) is 9.18 Å². The highest BCUT2D eigenvalue weighted by atomic mass is 32.1. The fourth-order valence-electron chi connectivity index (χ4n) is 2.64. The van der Waals surface area contributed by atoms with Gasteiger partial charge in [0.25, 0.3) is 0 Å². The average Bonchev–Trinajstić information content (AvgIpc) is 3.04. The van der Waals surface area contributed by atoms with Crippen LogP contribution in [0.2, 0.25) is 0 Å². The first-order chi connectivity index (χ1) is 13.3. The standard InChI is InChI=1S/C17H24FN5O4S/c1-11(24)21-8-13-9-23(17(25)27-13)12-3-4-15(14(18)7-12)22(10-19)6-5-20-16(28)26-2/h3-4,7,10,13,16,19-20,28H,5-6,8-9H2,1-2H3,(H,21,24). The van der Waals surface area contributed by atoms with Crippen LogP contribution in [0.4, 0.5) is 20.6 Å². The van der Waals surface area contributed by atoms with E-state index in [0.29, 0.717) is 18.8 Å². The second-order valence-corrected chi connectivity index (χ2v) is 6.52. The number of nitrogens with zero attached hydrogens (tertiary/aromatic N) is 2. The summed E-state index contributed by atoms with van der Waals surface area (Å²) < 4.78 is 24.8. The van der Waals surface area contributed by atoms with Gasteiger partial charge >= 0.3 is 6.09 Å². The van der Waals surface area contributed by atoms with E-state index in [1.54, 1.807) is 6.07 Å². The lowest BCUT2D eigenvalue weighted by molar-refractivity contribution is -0.119. The molecule has 11 heteroatoms. The van der Waals surface area contributed by atoms with Crippen LogP contribution in [0.5, 0.6) is 0 Å². The molecule has 1 fully saturated rings. The maximum Gasteiger partial charge on any atom is 0.414 e. The van der Waals surface area contributed by atoms with Crippen molar-refractivity contribution in [1.82, 2.24) is 10.6 Å². The lowest BCUT2D eigenvalue weighted by Gasteiger charge is -2.22. The Morgan fingerprint density at radius 2 is 2.36 bits per heavy atom. The molecule has 1 aromatic carbocycles. The fourth-order valence-corrected chi connectivity index (χ4v) is 2.77. The zero-order valence-corrected chi connectivity index (χ0v) is 16.5. The minimum atomic E-state index is -0.602. The van der Waals surface area contributed by atoms with Crippen LogP contribution in [0, 0.1) is 11.2 Å². The van der Waals surface area contributed by atoms with Crippen molar-refractivity contribution in [2.75, 3.05) is 43.1 Å². The number of halogens is 1. The first-order valence-electron chi connectivity index (χ1n) is 8.59. The van der Waals surface area contributed by atoms with Crippen LogP contribution >= 0.6 is 12.6 Å². The number of benzene rings is 1. The van der Waals surface area contributed by atoms with E-state index in [9.17, 15) is 14.0 Å². The molecule has 1 heterocycles. The van der Waals surface area contributed by atoms with Crippen molar-refractivity contribution in [3.63, 3.8) is 0 Å². The molecule has 28 heavy (non-hydrogen) atoms. The predicted molar refractivity (Wildman–Crippen MR) is 107 cm³/mol. The van der Waals surface area contributed by atoms with E-state index in [2.05, 4.69) is 23.3 Å². The van der Waals surface area contributed by atoms with Gasteiger partial charge in [-0.05, 0) is 18.2 Å². The number of methoxy groups -OCH3 is 1. The van der Waals surface area contributed by atoms with E-state index >= 15 is 0 Å². The Bertz CT molecular complexity index is 723. The van der Waals surface area contributed by atoms with Crippen LogP contribution in [-0.4, -0.2) is 63.3 Å². The van der Waals surface area contributed by atoms with Crippen molar-refractivity contribution >= 4 is 42.3 Å². The normalized spacial score (nSPS) is 17.2. The van der Waals surface area contributed by atoms with Gasteiger partial charge in [0.2, 0.25) is 5.91 Å². The fraction of sp³-hybridized carbons (Fsp3) is 0.471. The lowest BCUT2D eigenvalue weighted by atomic mass is 10.2. The Kier molecular flexibility index (Phi) is 8.03. The Labute approximate surface area is 168 Å². The topological polar surface area (TPSA) is 107 Å². The lowest BCUT2D eigenvalue weighted by Crippen LogP contribution is -2.35. The summed E-state index contributed by atoms with van der Waals surface area (Å²) in [6, 6.07) is 4.30. The molecule has 0 aromatic heterocycles. The van der Waals surface area contributed by atoms with Crippen molar-refractivity contribution in [3.05, 3.63) is 24.0 Å². The first-order valence-corrected chi connectivity index (χ1v) is 9.11. The molecule has 0 radical (unpaired) electrons. The maximum atomic E-state index is 14.6. The Morgan fingerprint density at radius 1 is 1.61 bits per heavy atom. The van der Waals surface area contributed by atoms with Crippen molar-refractivity contribution in [2.24, 2.45) is 0 Å². The van der Waals surface area contributed by atoms with Gasteiger partial charge in [0.1, 0.15) is 11.9 Å². The monoisotopic (exact) mass is 413 g/mol. The van der Waals surface area contributed by atoms with Crippen molar-refractivity contribution in [2.45, 2.75) is 18.6 Å². The molecule has 1 aliphatic heterocycles. The summed E-state index contributed by atoms with van der Waals surface area (Å²) in [7, 11) is 1.50. The van der Waals surface area contributed by atoms with E-state index < -0.39 is 23.6 Å². The van der Waals surface area contributed by atoms with Crippen LogP contribution in [0.25, 0.3) is 0 Å². The van der Waals surface area contributed by atoms with Gasteiger partial charge in [0.15, 0.2) is 5.56 Å². The quantitative estimate of drug-likeness (QED) is 0.198. The van der Waals surface area contributed by atoms with Crippen molar-refractivity contribution < 1.29 is 23.5 Å². The number of carbonyl (C=O) groups is 2. The van der Waals surface area contributed by atoms with Crippen molar-refractivity contribution in [3.8, 4) is 0 Å². The highest BCUT2D eigenvalue weighted by Crippen LogP contribution is 2.27. The third-order valence-corrected chi connectivity index (χ3v) is 4.45. The van der Waals surface area contributed by atoms with Crippen LogP contribution in [0.3, 0.4) is 0 Å². The molecule has 1 aliphatic rings. The second-order valence-electron chi connectivity index (χ2n) is 6.05. The zero-order chi connectivity index (χ0) is 20.7. The van der Waals surface area contributed by atoms with Gasteiger partial charge < -0.3 is 19.7 Å². The number of amides is 2. The number of anilines is 2. The number of thiol groups is 1. The van der Waals surface area contributed by atoms with E-state index in [1.807, 2.05) is 0 Å². The third kappa shape index (κ3) is 5.81. The van der Waals surface area contributed by atoms with Gasteiger partial charge in [-0.2, -0.15) is 0 Å². The van der Waals surface area contributed by atoms with Crippen LogP contribution in [0.15, 0.2) is 18.2 Å². The minimum absolute atomic E-state index is 0.195. The summed E-state index contributed by atoms with van der Waals surface area (Å²) in [6.45, 7) is 2.52. The Morgan fingerprint density at radius 3 is 2.96 bits per heavy atom. The molecular formula is C17H24FN5O4S. The summed E-state index contributed by atoms with van der Waals surface area (Å²) in [5.74, 6) is -0.797. The molecule has 154 valence electrons. The highest BCUT2D eigenvalue weighted by molar-refractivity contribution is 7.80. The van der Waals surface area contributed by atoms with E-state index in [-0.39, 0.29) is 24.7 Å². The zero-order valence-electron chi connectivity index (χ0n) is 15.6. The van der Waals surface area contributed by atoms with Crippen LogP contribution in [-0.2, 0) is 14.3 Å². The second kappa shape index (κ2) is 10.2. The van der Waals surface area contributed by atoms with Gasteiger partial charge in [-0.1, -0.05) is 0 Å². The number of carbonyl (C=O) groups excluding carboxylic acids is 2. The number of hydrogen-bond donors (Lipinski definition) is 4. The minimum Gasteiger partial charge on any atom is -0.442 e. The van der Waals surface area contributed by atoms with Gasteiger partial charge in [-0.3, -0.25) is 20.4 Å². The van der Waals surface area contributed by atoms with Crippen LogP contribution in [0.1, 0.15) is 6.92 Å². The molecule has 0 bridgehead atoms. The largest absolute Gasteiger partial charge is 0.442 e. The molecule has 2 atom stereocenters. The third-order valence-electron chi connectivity index (χ3n) is 4.06. The maximum absolute atomic E-state index is 14.6. The number of cyclic esters (lactones) is 1.